The summed E-state index contributed by atoms with van der Waals surface area (Å²) in [6, 6.07) is 5.84. The lowest BCUT2D eigenvalue weighted by Gasteiger charge is -2.10. The van der Waals surface area contributed by atoms with Crippen molar-refractivity contribution in [2.45, 2.75) is 0 Å². The zero-order valence-corrected chi connectivity index (χ0v) is 13.2. The Labute approximate surface area is 136 Å². The fourth-order valence-electron chi connectivity index (χ4n) is 2.19. The van der Waals surface area contributed by atoms with Crippen molar-refractivity contribution < 1.29 is 28.3 Å². The summed E-state index contributed by atoms with van der Waals surface area (Å²) in [5.74, 6) is -1.19. The van der Waals surface area contributed by atoms with Gasteiger partial charge in [0, 0.05) is 23.3 Å². The number of nitro groups is 1. The highest BCUT2D eigenvalue weighted by molar-refractivity contribution is 6.10. The molecule has 0 spiro atoms. The molecule has 0 aromatic heterocycles. The SMILES string of the molecule is COc1cc(F)cc(C(=O)c2cc(OC)c(OC)c([N+](=O)[O-])c2)c1. The van der Waals surface area contributed by atoms with Crippen LogP contribution >= 0.6 is 0 Å². The van der Waals surface area contributed by atoms with E-state index in [-0.39, 0.29) is 28.4 Å². The van der Waals surface area contributed by atoms with Crippen molar-refractivity contribution in [2.24, 2.45) is 0 Å². The first-order valence-electron chi connectivity index (χ1n) is 6.71. The van der Waals surface area contributed by atoms with Gasteiger partial charge >= 0.3 is 5.69 Å². The Balaban J connectivity index is 2.59. The molecule has 0 aliphatic heterocycles. The third kappa shape index (κ3) is 3.27. The molecule has 0 N–H and O–H groups in total. The van der Waals surface area contributed by atoms with Gasteiger partial charge < -0.3 is 14.2 Å². The number of methoxy groups -OCH3 is 3. The summed E-state index contributed by atoms with van der Waals surface area (Å²) in [4.78, 5) is 23.1. The molecule has 0 atom stereocenters. The molecule has 2 aromatic rings. The van der Waals surface area contributed by atoms with Gasteiger partial charge in [-0.15, -0.1) is 0 Å². The zero-order chi connectivity index (χ0) is 17.9. The molecule has 0 fully saturated rings. The van der Waals surface area contributed by atoms with E-state index in [1.54, 1.807) is 0 Å². The lowest BCUT2D eigenvalue weighted by atomic mass is 10.0. The Bertz CT molecular complexity index is 805. The molecule has 0 saturated carbocycles. The Hall–Kier alpha value is -3.16. The van der Waals surface area contributed by atoms with E-state index in [9.17, 15) is 19.3 Å². The summed E-state index contributed by atoms with van der Waals surface area (Å²) in [5.41, 5.74) is -0.469. The van der Waals surface area contributed by atoms with Crippen molar-refractivity contribution >= 4 is 11.5 Å². The molecule has 0 saturated heterocycles. The predicted octanol–water partition coefficient (Wildman–Crippen LogP) is 2.99. The van der Waals surface area contributed by atoms with Crippen LogP contribution < -0.4 is 14.2 Å². The third-order valence-corrected chi connectivity index (χ3v) is 3.29. The lowest BCUT2D eigenvalue weighted by Crippen LogP contribution is -2.06. The van der Waals surface area contributed by atoms with Crippen LogP contribution in [0.2, 0.25) is 0 Å². The predicted molar refractivity (Wildman–Crippen MR) is 82.6 cm³/mol. The number of carbonyl (C=O) groups excluding carboxylic acids is 1. The summed E-state index contributed by atoms with van der Waals surface area (Å²) >= 11 is 0. The number of hydrogen-bond donors (Lipinski definition) is 0. The highest BCUT2D eigenvalue weighted by Crippen LogP contribution is 2.38. The van der Waals surface area contributed by atoms with E-state index in [0.717, 1.165) is 18.2 Å². The van der Waals surface area contributed by atoms with E-state index in [1.807, 2.05) is 0 Å². The van der Waals surface area contributed by atoms with E-state index in [2.05, 4.69) is 0 Å². The maximum Gasteiger partial charge on any atom is 0.315 e. The summed E-state index contributed by atoms with van der Waals surface area (Å²) in [6.07, 6.45) is 0. The van der Waals surface area contributed by atoms with Crippen LogP contribution in [0.5, 0.6) is 17.2 Å². The first kappa shape index (κ1) is 17.2. The van der Waals surface area contributed by atoms with Crippen molar-refractivity contribution in [1.29, 1.82) is 0 Å². The summed E-state index contributed by atoms with van der Waals surface area (Å²) in [6.45, 7) is 0. The molecule has 0 heterocycles. The molecule has 2 rings (SSSR count). The summed E-state index contributed by atoms with van der Waals surface area (Å²) in [7, 11) is 3.88. The first-order valence-corrected chi connectivity index (χ1v) is 6.71. The number of hydrogen-bond acceptors (Lipinski definition) is 6. The highest BCUT2D eigenvalue weighted by atomic mass is 19.1. The van der Waals surface area contributed by atoms with E-state index >= 15 is 0 Å². The van der Waals surface area contributed by atoms with Crippen LogP contribution in [-0.2, 0) is 0 Å². The maximum atomic E-state index is 13.6. The van der Waals surface area contributed by atoms with E-state index < -0.39 is 22.2 Å². The molecule has 0 aliphatic carbocycles. The zero-order valence-electron chi connectivity index (χ0n) is 13.2. The second-order valence-corrected chi connectivity index (χ2v) is 4.70. The van der Waals surface area contributed by atoms with Gasteiger partial charge in [0.05, 0.1) is 26.3 Å². The van der Waals surface area contributed by atoms with E-state index in [4.69, 9.17) is 14.2 Å². The number of ketones is 1. The standard InChI is InChI=1S/C16H14FNO6/c1-22-12-5-9(4-11(17)8-12)15(19)10-6-13(18(20)21)16(24-3)14(7-10)23-2/h4-8H,1-3H3. The average molecular weight is 335 g/mol. The van der Waals surface area contributed by atoms with Crippen molar-refractivity contribution in [3.8, 4) is 17.2 Å². The largest absolute Gasteiger partial charge is 0.497 e. The molecule has 126 valence electrons. The van der Waals surface area contributed by atoms with Crippen molar-refractivity contribution in [3.05, 3.63) is 57.4 Å². The number of benzene rings is 2. The van der Waals surface area contributed by atoms with Crippen LogP contribution in [0.4, 0.5) is 10.1 Å². The minimum Gasteiger partial charge on any atom is -0.497 e. The van der Waals surface area contributed by atoms with Crippen LogP contribution in [0.3, 0.4) is 0 Å². The van der Waals surface area contributed by atoms with Gasteiger partial charge in [0.1, 0.15) is 11.6 Å². The number of halogens is 1. The molecule has 24 heavy (non-hydrogen) atoms. The van der Waals surface area contributed by atoms with E-state index in [1.165, 1.54) is 33.5 Å². The van der Waals surface area contributed by atoms with Gasteiger partial charge in [-0.05, 0) is 18.2 Å². The molecule has 0 amide bonds. The smallest absolute Gasteiger partial charge is 0.315 e. The molecular formula is C16H14FNO6. The van der Waals surface area contributed by atoms with Crippen LogP contribution in [0, 0.1) is 15.9 Å². The van der Waals surface area contributed by atoms with Gasteiger partial charge in [0.25, 0.3) is 0 Å². The second-order valence-electron chi connectivity index (χ2n) is 4.70. The Morgan fingerprint density at radius 3 is 2.21 bits per heavy atom. The Morgan fingerprint density at radius 1 is 1.00 bits per heavy atom. The lowest BCUT2D eigenvalue weighted by molar-refractivity contribution is -0.385. The van der Waals surface area contributed by atoms with Crippen molar-refractivity contribution in [3.63, 3.8) is 0 Å². The van der Waals surface area contributed by atoms with Crippen LogP contribution in [0.1, 0.15) is 15.9 Å². The maximum absolute atomic E-state index is 13.6. The minimum absolute atomic E-state index is 0.00614. The molecule has 0 bridgehead atoms. The number of ether oxygens (including phenoxy) is 3. The Kier molecular flexibility index (Phi) is 4.98. The second kappa shape index (κ2) is 6.95. The quantitative estimate of drug-likeness (QED) is 0.458. The van der Waals surface area contributed by atoms with Gasteiger partial charge in [0.2, 0.25) is 5.75 Å². The van der Waals surface area contributed by atoms with Crippen LogP contribution in [0.15, 0.2) is 30.3 Å². The molecule has 0 radical (unpaired) electrons. The Morgan fingerprint density at radius 2 is 1.67 bits per heavy atom. The summed E-state index contributed by atoms with van der Waals surface area (Å²) < 4.78 is 28.5. The molecule has 2 aromatic carbocycles. The van der Waals surface area contributed by atoms with Gasteiger partial charge in [-0.2, -0.15) is 0 Å². The van der Waals surface area contributed by atoms with Gasteiger partial charge in [-0.1, -0.05) is 0 Å². The fraction of sp³-hybridized carbons (Fsp3) is 0.188. The van der Waals surface area contributed by atoms with Gasteiger partial charge in [-0.25, -0.2) is 4.39 Å². The molecular weight excluding hydrogens is 321 g/mol. The monoisotopic (exact) mass is 335 g/mol. The first-order chi connectivity index (χ1) is 11.4. The fourth-order valence-corrected chi connectivity index (χ4v) is 2.19. The molecule has 8 heteroatoms. The minimum atomic E-state index is -0.690. The molecule has 0 aliphatic rings. The van der Waals surface area contributed by atoms with Crippen LogP contribution in [0.25, 0.3) is 0 Å². The molecule has 0 unspecified atom stereocenters. The van der Waals surface area contributed by atoms with Crippen molar-refractivity contribution in [2.75, 3.05) is 21.3 Å². The number of nitro benzene ring substituents is 1. The molecule has 7 nitrogen and oxygen atoms in total. The number of rotatable bonds is 6. The number of carbonyl (C=O) groups is 1. The third-order valence-electron chi connectivity index (χ3n) is 3.29. The van der Waals surface area contributed by atoms with Crippen LogP contribution in [-0.4, -0.2) is 32.0 Å². The van der Waals surface area contributed by atoms with Gasteiger partial charge in [-0.3, -0.25) is 14.9 Å². The normalized spacial score (nSPS) is 10.2. The van der Waals surface area contributed by atoms with E-state index in [0.29, 0.717) is 0 Å². The number of nitrogens with zero attached hydrogens (tertiary/aromatic N) is 1. The summed E-state index contributed by atoms with van der Waals surface area (Å²) in [5, 5.41) is 11.2. The van der Waals surface area contributed by atoms with Crippen molar-refractivity contribution in [1.82, 2.24) is 0 Å². The van der Waals surface area contributed by atoms with Gasteiger partial charge in [0.15, 0.2) is 11.5 Å². The average Bonchev–Trinajstić information content (AvgIpc) is 2.58. The highest BCUT2D eigenvalue weighted by Gasteiger charge is 2.24. The topological polar surface area (TPSA) is 87.9 Å².